The van der Waals surface area contributed by atoms with E-state index in [1.165, 1.54) is 10.8 Å². The van der Waals surface area contributed by atoms with Crippen LogP contribution in [0.5, 0.6) is 0 Å². The van der Waals surface area contributed by atoms with Crippen LogP contribution in [0.1, 0.15) is 6.92 Å². The molecule has 1 aromatic heterocycles. The monoisotopic (exact) mass is 515 g/mol. The first-order valence-corrected chi connectivity index (χ1v) is 12.1. The van der Waals surface area contributed by atoms with Gasteiger partial charge in [0.1, 0.15) is 21.8 Å². The second-order valence-corrected chi connectivity index (χ2v) is 8.79. The van der Waals surface area contributed by atoms with Crippen LogP contribution in [0.2, 0.25) is 0 Å². The molecule has 0 saturated heterocycles. The van der Waals surface area contributed by atoms with Gasteiger partial charge >= 0.3 is 0 Å². The van der Waals surface area contributed by atoms with Gasteiger partial charge in [0.15, 0.2) is 5.57 Å². The summed E-state index contributed by atoms with van der Waals surface area (Å²) in [5.74, 6) is -0.899. The fraction of sp³-hybridized carbons (Fsp3) is 0.192. The predicted octanol–water partition coefficient (Wildman–Crippen LogP) is 1.17. The Balaban J connectivity index is 1.80. The molecule has 37 heavy (non-hydrogen) atoms. The highest BCUT2D eigenvalue weighted by Crippen LogP contribution is 2.16. The summed E-state index contributed by atoms with van der Waals surface area (Å²) in [5.41, 5.74) is 1.54. The minimum absolute atomic E-state index is 0.169. The van der Waals surface area contributed by atoms with Gasteiger partial charge in [-0.3, -0.25) is 19.0 Å². The van der Waals surface area contributed by atoms with E-state index < -0.39 is 5.91 Å². The molecule has 0 aliphatic rings. The Morgan fingerprint density at radius 3 is 2.51 bits per heavy atom. The molecular formula is C26H25N7O3S. The van der Waals surface area contributed by atoms with Gasteiger partial charge in [-0.05, 0) is 37.3 Å². The first kappa shape index (κ1) is 26.7. The zero-order chi connectivity index (χ0) is 26.8. The van der Waals surface area contributed by atoms with Gasteiger partial charge in [0, 0.05) is 36.9 Å². The van der Waals surface area contributed by atoms with Crippen molar-refractivity contribution in [2.75, 3.05) is 35.7 Å². The van der Waals surface area contributed by atoms with Crippen molar-refractivity contribution >= 4 is 52.0 Å². The van der Waals surface area contributed by atoms with Crippen LogP contribution in [0.4, 0.5) is 17.1 Å². The van der Waals surface area contributed by atoms with E-state index in [2.05, 4.69) is 16.0 Å². The number of anilines is 3. The van der Waals surface area contributed by atoms with Crippen molar-refractivity contribution in [3.63, 3.8) is 0 Å². The second kappa shape index (κ2) is 12.7. The van der Waals surface area contributed by atoms with Crippen LogP contribution < -0.4 is 35.6 Å². The molecule has 2 amide bonds. The maximum atomic E-state index is 12.9. The molecule has 0 atom stereocenters. The van der Waals surface area contributed by atoms with Crippen molar-refractivity contribution in [1.82, 2.24) is 9.88 Å². The molecule has 0 aliphatic carbocycles. The number of benzene rings is 2. The summed E-state index contributed by atoms with van der Waals surface area (Å²) in [6, 6.07) is 20.2. The molecule has 10 nitrogen and oxygen atoms in total. The molecule has 3 rings (SSSR count). The fourth-order valence-electron chi connectivity index (χ4n) is 3.42. The number of carbonyl (C=O) groups excluding carboxylic acids is 2. The average molecular weight is 516 g/mol. The quantitative estimate of drug-likeness (QED) is 0.363. The SMILES string of the molecule is CCn1c(=O)/c(=C\Nc2cccc(NC(=O)CN(C)c3ccccc3)c2)s/c1=C(/C#N)C(=O)NCC#N. The number of thiazole rings is 1. The van der Waals surface area contributed by atoms with E-state index in [-0.39, 0.29) is 45.9 Å². The highest BCUT2D eigenvalue weighted by molar-refractivity contribution is 7.07. The molecule has 1 heterocycles. The lowest BCUT2D eigenvalue weighted by atomic mass is 10.2. The molecule has 3 aromatic rings. The number of nitriles is 2. The van der Waals surface area contributed by atoms with Crippen molar-refractivity contribution in [3.8, 4) is 12.1 Å². The first-order valence-electron chi connectivity index (χ1n) is 11.3. The van der Waals surface area contributed by atoms with Gasteiger partial charge in [-0.15, -0.1) is 11.3 Å². The minimum Gasteiger partial charge on any atom is -0.365 e. The Bertz CT molecular complexity index is 1550. The second-order valence-electron chi connectivity index (χ2n) is 7.76. The summed E-state index contributed by atoms with van der Waals surface area (Å²) >= 11 is 0.998. The van der Waals surface area contributed by atoms with Crippen LogP contribution in [0, 0.1) is 22.7 Å². The van der Waals surface area contributed by atoms with Crippen LogP contribution in [0.15, 0.2) is 59.4 Å². The third-order valence-corrected chi connectivity index (χ3v) is 6.33. The maximum Gasteiger partial charge on any atom is 0.270 e. The van der Waals surface area contributed by atoms with E-state index in [1.54, 1.807) is 37.3 Å². The highest BCUT2D eigenvalue weighted by atomic mass is 32.1. The summed E-state index contributed by atoms with van der Waals surface area (Å²) in [6.07, 6.45) is 1.49. The highest BCUT2D eigenvalue weighted by Gasteiger charge is 2.15. The molecule has 0 spiro atoms. The Labute approximate surface area is 217 Å². The van der Waals surface area contributed by atoms with Gasteiger partial charge < -0.3 is 20.9 Å². The van der Waals surface area contributed by atoms with E-state index in [4.69, 9.17) is 5.26 Å². The van der Waals surface area contributed by atoms with Crippen LogP contribution >= 0.6 is 11.3 Å². The van der Waals surface area contributed by atoms with E-state index in [1.807, 2.05) is 48.3 Å². The zero-order valence-electron chi connectivity index (χ0n) is 20.3. The van der Waals surface area contributed by atoms with Gasteiger partial charge in [-0.2, -0.15) is 10.5 Å². The average Bonchev–Trinajstić information content (AvgIpc) is 3.21. The van der Waals surface area contributed by atoms with Gasteiger partial charge in [0.05, 0.1) is 12.6 Å². The number of rotatable bonds is 9. The normalized spacial score (nSPS) is 11.6. The molecule has 0 bridgehead atoms. The minimum atomic E-state index is -0.714. The van der Waals surface area contributed by atoms with E-state index in [9.17, 15) is 19.6 Å². The molecule has 0 radical (unpaired) electrons. The summed E-state index contributed by atoms with van der Waals surface area (Å²) in [7, 11) is 1.84. The van der Waals surface area contributed by atoms with E-state index >= 15 is 0 Å². The number of para-hydroxylation sites is 1. The van der Waals surface area contributed by atoms with Crippen LogP contribution in [0.25, 0.3) is 11.8 Å². The Hall–Kier alpha value is -4.87. The standard InChI is InChI=1S/C26H25N7O3S/c1-3-33-25(36)22(37-26(33)21(15-28)24(35)29-13-12-27)16-30-18-8-7-9-19(14-18)31-23(34)17-32(2)20-10-5-4-6-11-20/h4-11,14,16,30H,3,13,17H2,1-2H3,(H,29,35)(H,31,34)/b22-16+,26-21-. The van der Waals surface area contributed by atoms with E-state index in [0.717, 1.165) is 17.0 Å². The number of carbonyl (C=O) groups is 2. The molecule has 0 unspecified atom stereocenters. The molecule has 0 fully saturated rings. The van der Waals surface area contributed by atoms with Gasteiger partial charge in [0.25, 0.3) is 11.5 Å². The lowest BCUT2D eigenvalue weighted by Gasteiger charge is -2.18. The lowest BCUT2D eigenvalue weighted by Crippen LogP contribution is -2.34. The Morgan fingerprint density at radius 1 is 1.11 bits per heavy atom. The molecule has 11 heteroatoms. The Morgan fingerprint density at radius 2 is 1.84 bits per heavy atom. The molecule has 0 saturated carbocycles. The molecule has 188 valence electrons. The zero-order valence-corrected chi connectivity index (χ0v) is 21.1. The molecule has 3 N–H and O–H groups in total. The van der Waals surface area contributed by atoms with Crippen molar-refractivity contribution < 1.29 is 9.59 Å². The topological polar surface area (TPSA) is 143 Å². The van der Waals surface area contributed by atoms with Gasteiger partial charge in [-0.25, -0.2) is 0 Å². The van der Waals surface area contributed by atoms with Crippen LogP contribution in [-0.2, 0) is 16.1 Å². The number of amides is 2. The summed E-state index contributed by atoms with van der Waals surface area (Å²) < 4.78 is 1.83. The van der Waals surface area contributed by atoms with Crippen LogP contribution in [-0.4, -0.2) is 36.5 Å². The summed E-state index contributed by atoms with van der Waals surface area (Å²) in [4.78, 5) is 39.5. The van der Waals surface area contributed by atoms with E-state index in [0.29, 0.717) is 11.4 Å². The Kier molecular flexibility index (Phi) is 9.19. The van der Waals surface area contributed by atoms with Crippen molar-refractivity contribution in [1.29, 1.82) is 10.5 Å². The third kappa shape index (κ3) is 6.84. The third-order valence-electron chi connectivity index (χ3n) is 5.20. The van der Waals surface area contributed by atoms with Crippen molar-refractivity contribution in [2.45, 2.75) is 13.5 Å². The number of hydrogen-bond donors (Lipinski definition) is 3. The number of nitrogens with one attached hydrogen (secondary N) is 3. The molecule has 2 aromatic carbocycles. The maximum absolute atomic E-state index is 12.9. The largest absolute Gasteiger partial charge is 0.365 e. The number of likely N-dealkylation sites (N-methyl/N-ethyl adjacent to an activating group) is 1. The number of aromatic nitrogens is 1. The van der Waals surface area contributed by atoms with Gasteiger partial charge in [0.2, 0.25) is 5.91 Å². The number of hydrogen-bond acceptors (Lipinski definition) is 8. The fourth-order valence-corrected chi connectivity index (χ4v) is 4.51. The lowest BCUT2D eigenvalue weighted by molar-refractivity contribution is -0.116. The number of nitrogens with zero attached hydrogens (tertiary/aromatic N) is 4. The van der Waals surface area contributed by atoms with Crippen molar-refractivity contribution in [2.24, 2.45) is 0 Å². The summed E-state index contributed by atoms with van der Waals surface area (Å²) in [5, 5.41) is 26.4. The predicted molar refractivity (Wildman–Crippen MR) is 144 cm³/mol. The molecular weight excluding hydrogens is 490 g/mol. The van der Waals surface area contributed by atoms with Crippen molar-refractivity contribution in [3.05, 3.63) is 74.1 Å². The smallest absolute Gasteiger partial charge is 0.270 e. The van der Waals surface area contributed by atoms with Gasteiger partial charge in [-0.1, -0.05) is 24.3 Å². The first-order chi connectivity index (χ1) is 17.9. The summed E-state index contributed by atoms with van der Waals surface area (Å²) in [6.45, 7) is 1.91. The van der Waals surface area contributed by atoms with Crippen LogP contribution in [0.3, 0.4) is 0 Å². The molecule has 0 aliphatic heterocycles.